The Hall–Kier alpha value is -0.770. The SMILES string of the molecule is CCCCOC(CC)COC(=O)O. The molecule has 0 fully saturated rings. The van der Waals surface area contributed by atoms with Crippen LogP contribution in [0.15, 0.2) is 0 Å². The Morgan fingerprint density at radius 1 is 1.46 bits per heavy atom. The molecule has 0 aliphatic heterocycles. The van der Waals surface area contributed by atoms with Crippen LogP contribution in [0, 0.1) is 0 Å². The highest BCUT2D eigenvalue weighted by molar-refractivity contribution is 5.56. The first kappa shape index (κ1) is 12.2. The molecule has 78 valence electrons. The second-order valence-electron chi connectivity index (χ2n) is 2.83. The Kier molecular flexibility index (Phi) is 7.39. The van der Waals surface area contributed by atoms with E-state index in [2.05, 4.69) is 11.7 Å². The van der Waals surface area contributed by atoms with Gasteiger partial charge in [0.25, 0.3) is 0 Å². The summed E-state index contributed by atoms with van der Waals surface area (Å²) < 4.78 is 9.81. The summed E-state index contributed by atoms with van der Waals surface area (Å²) in [6.07, 6.45) is 1.52. The van der Waals surface area contributed by atoms with E-state index in [0.717, 1.165) is 19.3 Å². The summed E-state index contributed by atoms with van der Waals surface area (Å²) >= 11 is 0. The van der Waals surface area contributed by atoms with Crippen molar-refractivity contribution in [2.24, 2.45) is 0 Å². The summed E-state index contributed by atoms with van der Waals surface area (Å²) in [7, 11) is 0. The number of unbranched alkanes of at least 4 members (excludes halogenated alkanes) is 1. The maximum absolute atomic E-state index is 10.1. The highest BCUT2D eigenvalue weighted by Gasteiger charge is 2.08. The van der Waals surface area contributed by atoms with Crippen LogP contribution in [-0.2, 0) is 9.47 Å². The fourth-order valence-electron chi connectivity index (χ4n) is 0.842. The molecule has 0 aromatic heterocycles. The maximum Gasteiger partial charge on any atom is 0.505 e. The fraction of sp³-hybridized carbons (Fsp3) is 0.889. The molecule has 13 heavy (non-hydrogen) atoms. The Morgan fingerprint density at radius 3 is 2.62 bits per heavy atom. The van der Waals surface area contributed by atoms with Gasteiger partial charge in [-0.3, -0.25) is 0 Å². The molecule has 0 saturated heterocycles. The van der Waals surface area contributed by atoms with E-state index < -0.39 is 6.16 Å². The zero-order valence-corrected chi connectivity index (χ0v) is 8.28. The lowest BCUT2D eigenvalue weighted by Crippen LogP contribution is -2.21. The minimum atomic E-state index is -1.24. The Balaban J connectivity index is 3.45. The molecule has 0 aliphatic rings. The zero-order chi connectivity index (χ0) is 10.1. The predicted octanol–water partition coefficient (Wildman–Crippen LogP) is 2.28. The van der Waals surface area contributed by atoms with Crippen molar-refractivity contribution in [1.82, 2.24) is 0 Å². The van der Waals surface area contributed by atoms with E-state index in [4.69, 9.17) is 9.84 Å². The number of rotatable bonds is 7. The second kappa shape index (κ2) is 7.86. The van der Waals surface area contributed by atoms with Crippen molar-refractivity contribution in [2.75, 3.05) is 13.2 Å². The monoisotopic (exact) mass is 190 g/mol. The van der Waals surface area contributed by atoms with E-state index in [1.807, 2.05) is 6.92 Å². The van der Waals surface area contributed by atoms with Gasteiger partial charge in [0.15, 0.2) is 0 Å². The smallest absolute Gasteiger partial charge is 0.450 e. The molecule has 0 rings (SSSR count). The zero-order valence-electron chi connectivity index (χ0n) is 8.28. The number of carbonyl (C=O) groups is 1. The summed E-state index contributed by atoms with van der Waals surface area (Å²) in [4.78, 5) is 10.1. The highest BCUT2D eigenvalue weighted by Crippen LogP contribution is 2.01. The molecular weight excluding hydrogens is 172 g/mol. The number of hydrogen-bond acceptors (Lipinski definition) is 3. The third kappa shape index (κ3) is 7.59. The van der Waals surface area contributed by atoms with Gasteiger partial charge in [0, 0.05) is 6.61 Å². The van der Waals surface area contributed by atoms with Crippen LogP contribution in [0.1, 0.15) is 33.1 Å². The highest BCUT2D eigenvalue weighted by atomic mass is 16.7. The Bertz CT molecular complexity index is 136. The van der Waals surface area contributed by atoms with Gasteiger partial charge in [0.1, 0.15) is 6.61 Å². The molecule has 0 radical (unpaired) electrons. The van der Waals surface area contributed by atoms with Gasteiger partial charge < -0.3 is 14.6 Å². The van der Waals surface area contributed by atoms with Crippen LogP contribution >= 0.6 is 0 Å². The van der Waals surface area contributed by atoms with E-state index in [1.54, 1.807) is 0 Å². The predicted molar refractivity (Wildman–Crippen MR) is 48.9 cm³/mol. The van der Waals surface area contributed by atoms with E-state index >= 15 is 0 Å². The van der Waals surface area contributed by atoms with Crippen LogP contribution in [0.4, 0.5) is 4.79 Å². The minimum absolute atomic E-state index is 0.0948. The van der Waals surface area contributed by atoms with Gasteiger partial charge in [0.05, 0.1) is 6.10 Å². The summed E-state index contributed by atoms with van der Waals surface area (Å²) in [5.41, 5.74) is 0. The molecule has 0 saturated carbocycles. The van der Waals surface area contributed by atoms with Crippen molar-refractivity contribution in [2.45, 2.75) is 39.2 Å². The van der Waals surface area contributed by atoms with Gasteiger partial charge in [-0.25, -0.2) is 4.79 Å². The van der Waals surface area contributed by atoms with Gasteiger partial charge in [-0.2, -0.15) is 0 Å². The van der Waals surface area contributed by atoms with E-state index in [0.29, 0.717) is 6.61 Å². The Morgan fingerprint density at radius 2 is 2.15 bits per heavy atom. The number of ether oxygens (including phenoxy) is 2. The standard InChI is InChI=1S/C9H18O4/c1-3-5-6-12-8(4-2)7-13-9(10)11/h8H,3-7H2,1-2H3,(H,10,11). The third-order valence-corrected chi connectivity index (χ3v) is 1.70. The quantitative estimate of drug-likeness (QED) is 0.494. The minimum Gasteiger partial charge on any atom is -0.450 e. The molecule has 0 aromatic carbocycles. The molecule has 1 N–H and O–H groups in total. The lowest BCUT2D eigenvalue weighted by molar-refractivity contribution is -0.00950. The van der Waals surface area contributed by atoms with Gasteiger partial charge >= 0.3 is 6.16 Å². The van der Waals surface area contributed by atoms with Crippen LogP contribution in [0.3, 0.4) is 0 Å². The number of carboxylic acid groups (broad SMARTS) is 1. The molecule has 0 heterocycles. The largest absolute Gasteiger partial charge is 0.505 e. The van der Waals surface area contributed by atoms with Crippen LogP contribution < -0.4 is 0 Å². The lowest BCUT2D eigenvalue weighted by atomic mass is 10.3. The second-order valence-corrected chi connectivity index (χ2v) is 2.83. The maximum atomic E-state index is 10.1. The summed E-state index contributed by atoms with van der Waals surface area (Å²) in [5.74, 6) is 0. The summed E-state index contributed by atoms with van der Waals surface area (Å²) in [6, 6.07) is 0. The molecule has 1 unspecified atom stereocenters. The van der Waals surface area contributed by atoms with Crippen molar-refractivity contribution >= 4 is 6.16 Å². The van der Waals surface area contributed by atoms with Crippen LogP contribution in [0.2, 0.25) is 0 Å². The first-order chi connectivity index (χ1) is 6.20. The normalized spacial score (nSPS) is 12.5. The van der Waals surface area contributed by atoms with Crippen molar-refractivity contribution in [3.8, 4) is 0 Å². The van der Waals surface area contributed by atoms with Crippen molar-refractivity contribution < 1.29 is 19.4 Å². The molecule has 4 heteroatoms. The Labute approximate surface area is 78.8 Å². The van der Waals surface area contributed by atoms with E-state index in [-0.39, 0.29) is 12.7 Å². The number of hydrogen-bond donors (Lipinski definition) is 1. The van der Waals surface area contributed by atoms with E-state index in [9.17, 15) is 4.79 Å². The lowest BCUT2D eigenvalue weighted by Gasteiger charge is -2.14. The molecule has 0 aromatic rings. The summed E-state index contributed by atoms with van der Waals surface area (Å²) in [5, 5.41) is 8.25. The third-order valence-electron chi connectivity index (χ3n) is 1.70. The molecular formula is C9H18O4. The summed E-state index contributed by atoms with van der Waals surface area (Å²) in [6.45, 7) is 4.84. The van der Waals surface area contributed by atoms with E-state index in [1.165, 1.54) is 0 Å². The first-order valence-electron chi connectivity index (χ1n) is 4.68. The molecule has 0 spiro atoms. The molecule has 0 aliphatic carbocycles. The van der Waals surface area contributed by atoms with Crippen molar-refractivity contribution in [1.29, 1.82) is 0 Å². The molecule has 0 amide bonds. The average Bonchev–Trinajstić information content (AvgIpc) is 2.10. The first-order valence-corrected chi connectivity index (χ1v) is 4.68. The van der Waals surface area contributed by atoms with Gasteiger partial charge in [-0.1, -0.05) is 20.3 Å². The molecule has 0 bridgehead atoms. The molecule has 1 atom stereocenters. The van der Waals surface area contributed by atoms with Gasteiger partial charge in [0.2, 0.25) is 0 Å². The van der Waals surface area contributed by atoms with Crippen LogP contribution in [0.5, 0.6) is 0 Å². The topological polar surface area (TPSA) is 55.8 Å². The van der Waals surface area contributed by atoms with Gasteiger partial charge in [-0.05, 0) is 12.8 Å². The van der Waals surface area contributed by atoms with Crippen LogP contribution in [-0.4, -0.2) is 30.6 Å². The van der Waals surface area contributed by atoms with Gasteiger partial charge in [-0.15, -0.1) is 0 Å². The van der Waals surface area contributed by atoms with Crippen molar-refractivity contribution in [3.63, 3.8) is 0 Å². The van der Waals surface area contributed by atoms with Crippen molar-refractivity contribution in [3.05, 3.63) is 0 Å². The fourth-order valence-corrected chi connectivity index (χ4v) is 0.842. The molecule has 4 nitrogen and oxygen atoms in total. The van der Waals surface area contributed by atoms with Crippen LogP contribution in [0.25, 0.3) is 0 Å². The average molecular weight is 190 g/mol.